The molecule has 108 valence electrons. The molecule has 1 aromatic heterocycles. The van der Waals surface area contributed by atoms with E-state index in [1.165, 1.54) is 9.88 Å². The molecule has 0 atom stereocenters. The van der Waals surface area contributed by atoms with Gasteiger partial charge in [-0.2, -0.15) is 0 Å². The zero-order valence-corrected chi connectivity index (χ0v) is 13.0. The van der Waals surface area contributed by atoms with Crippen molar-refractivity contribution in [1.82, 2.24) is 10.3 Å². The molecule has 4 nitrogen and oxygen atoms in total. The van der Waals surface area contributed by atoms with Crippen LogP contribution >= 0.6 is 11.3 Å². The lowest BCUT2D eigenvalue weighted by Gasteiger charge is -2.18. The highest BCUT2D eigenvalue weighted by atomic mass is 32.1. The predicted octanol–water partition coefficient (Wildman–Crippen LogP) is 2.93. The highest BCUT2D eigenvalue weighted by molar-refractivity contribution is 7.11. The number of nitrogens with one attached hydrogen (secondary N) is 1. The Hall–Kier alpha value is -0.940. The number of nitrogens with zero attached hydrogens (tertiary/aromatic N) is 1. The Morgan fingerprint density at radius 1 is 1.53 bits per heavy atom. The van der Waals surface area contributed by atoms with E-state index in [1.54, 1.807) is 25.2 Å². The molecule has 0 saturated carbocycles. The fraction of sp³-hybridized carbons (Fsp3) is 0.714. The van der Waals surface area contributed by atoms with Crippen LogP contribution in [0.4, 0.5) is 0 Å². The van der Waals surface area contributed by atoms with Gasteiger partial charge in [0.05, 0.1) is 10.4 Å². The van der Waals surface area contributed by atoms with Crippen molar-refractivity contribution in [3.8, 4) is 0 Å². The number of carboxylic acid groups (broad SMARTS) is 1. The topological polar surface area (TPSA) is 62.2 Å². The number of hydrogen-bond acceptors (Lipinski definition) is 4. The second-order valence-corrected chi connectivity index (χ2v) is 7.13. The summed E-state index contributed by atoms with van der Waals surface area (Å²) in [6.07, 6.45) is 3.56. The van der Waals surface area contributed by atoms with E-state index < -0.39 is 11.4 Å². The largest absolute Gasteiger partial charge is 0.481 e. The van der Waals surface area contributed by atoms with Gasteiger partial charge in [-0.1, -0.05) is 13.8 Å². The fourth-order valence-corrected chi connectivity index (χ4v) is 2.70. The molecule has 1 aromatic rings. The van der Waals surface area contributed by atoms with Crippen LogP contribution in [-0.4, -0.2) is 22.6 Å². The van der Waals surface area contributed by atoms with Crippen molar-refractivity contribution in [2.24, 2.45) is 11.3 Å². The molecule has 0 unspecified atom stereocenters. The van der Waals surface area contributed by atoms with Gasteiger partial charge >= 0.3 is 5.97 Å². The molecule has 0 amide bonds. The summed E-state index contributed by atoms with van der Waals surface area (Å²) in [5, 5.41) is 13.5. The second-order valence-electron chi connectivity index (χ2n) is 5.93. The van der Waals surface area contributed by atoms with Crippen LogP contribution in [0.1, 0.15) is 44.0 Å². The van der Waals surface area contributed by atoms with Gasteiger partial charge in [0.2, 0.25) is 0 Å². The first-order chi connectivity index (χ1) is 8.81. The molecule has 19 heavy (non-hydrogen) atoms. The van der Waals surface area contributed by atoms with Gasteiger partial charge in [-0.05, 0) is 32.7 Å². The van der Waals surface area contributed by atoms with E-state index in [1.807, 2.05) is 6.20 Å². The Labute approximate surface area is 119 Å². The van der Waals surface area contributed by atoms with E-state index in [0.717, 1.165) is 13.0 Å². The molecule has 0 aliphatic rings. The zero-order chi connectivity index (χ0) is 14.5. The lowest BCUT2D eigenvalue weighted by Crippen LogP contribution is -2.28. The van der Waals surface area contributed by atoms with Crippen molar-refractivity contribution in [3.05, 3.63) is 16.1 Å². The summed E-state index contributed by atoms with van der Waals surface area (Å²) in [5.74, 6) is -0.116. The molecule has 0 aliphatic heterocycles. The minimum atomic E-state index is -0.744. The number of aromatic nitrogens is 1. The first-order valence-corrected chi connectivity index (χ1v) is 7.50. The van der Waals surface area contributed by atoms with Crippen LogP contribution in [-0.2, 0) is 17.8 Å². The minimum absolute atomic E-state index is 0.625. The summed E-state index contributed by atoms with van der Waals surface area (Å²) < 4.78 is 0. The Morgan fingerprint density at radius 3 is 2.79 bits per heavy atom. The van der Waals surface area contributed by atoms with Crippen LogP contribution < -0.4 is 5.32 Å². The van der Waals surface area contributed by atoms with Crippen LogP contribution in [0.2, 0.25) is 0 Å². The van der Waals surface area contributed by atoms with Crippen LogP contribution in [0.15, 0.2) is 6.20 Å². The fourth-order valence-electron chi connectivity index (χ4n) is 1.59. The Balaban J connectivity index is 2.30. The van der Waals surface area contributed by atoms with E-state index in [4.69, 9.17) is 5.11 Å². The Kier molecular flexibility index (Phi) is 5.94. The molecular formula is C14H24N2O2S. The van der Waals surface area contributed by atoms with Crippen molar-refractivity contribution in [1.29, 1.82) is 0 Å². The third kappa shape index (κ3) is 5.70. The summed E-state index contributed by atoms with van der Waals surface area (Å²) >= 11 is 1.74. The maximum atomic E-state index is 11.0. The van der Waals surface area contributed by atoms with E-state index in [2.05, 4.69) is 24.1 Å². The van der Waals surface area contributed by atoms with Gasteiger partial charge in [-0.3, -0.25) is 4.79 Å². The van der Waals surface area contributed by atoms with Gasteiger partial charge < -0.3 is 10.4 Å². The molecule has 0 aromatic carbocycles. The van der Waals surface area contributed by atoms with Gasteiger partial charge in [0.15, 0.2) is 0 Å². The summed E-state index contributed by atoms with van der Waals surface area (Å²) in [6, 6.07) is 0. The van der Waals surface area contributed by atoms with Crippen molar-refractivity contribution in [2.75, 3.05) is 6.54 Å². The van der Waals surface area contributed by atoms with Crippen molar-refractivity contribution >= 4 is 17.3 Å². The minimum Gasteiger partial charge on any atom is -0.481 e. The van der Waals surface area contributed by atoms with Gasteiger partial charge in [-0.25, -0.2) is 4.98 Å². The monoisotopic (exact) mass is 284 g/mol. The quantitative estimate of drug-likeness (QED) is 0.721. The summed E-state index contributed by atoms with van der Waals surface area (Å²) in [7, 11) is 0. The highest BCUT2D eigenvalue weighted by Gasteiger charge is 2.26. The number of aliphatic carboxylic acids is 1. The molecule has 2 N–H and O–H groups in total. The first-order valence-electron chi connectivity index (χ1n) is 6.69. The number of carbonyl (C=O) groups is 1. The van der Waals surface area contributed by atoms with Gasteiger partial charge in [0.1, 0.15) is 0 Å². The number of hydrogen-bond donors (Lipinski definition) is 2. The Morgan fingerprint density at radius 2 is 2.21 bits per heavy atom. The normalized spacial score (nSPS) is 12.1. The highest BCUT2D eigenvalue weighted by Crippen LogP contribution is 2.20. The van der Waals surface area contributed by atoms with Crippen molar-refractivity contribution < 1.29 is 9.90 Å². The maximum Gasteiger partial charge on any atom is 0.309 e. The first kappa shape index (κ1) is 16.1. The molecule has 0 radical (unpaired) electrons. The number of rotatable bonds is 8. The summed E-state index contributed by atoms with van der Waals surface area (Å²) in [4.78, 5) is 16.6. The van der Waals surface area contributed by atoms with Gasteiger partial charge in [0, 0.05) is 24.0 Å². The second kappa shape index (κ2) is 7.01. The maximum absolute atomic E-state index is 11.0. The number of carboxylic acids is 1. The van der Waals surface area contributed by atoms with Gasteiger partial charge in [0.25, 0.3) is 0 Å². The smallest absolute Gasteiger partial charge is 0.309 e. The SMILES string of the molecule is CC(C)Cc1ncc(CNCCC(C)(C)C(=O)O)s1. The summed E-state index contributed by atoms with van der Waals surface area (Å²) in [5.41, 5.74) is -0.663. The molecule has 0 saturated heterocycles. The third-order valence-corrected chi connectivity index (χ3v) is 4.01. The molecular weight excluding hydrogens is 260 g/mol. The van der Waals surface area contributed by atoms with Crippen LogP contribution in [0.25, 0.3) is 0 Å². The average Bonchev–Trinajstić information content (AvgIpc) is 2.71. The predicted molar refractivity (Wildman–Crippen MR) is 78.4 cm³/mol. The molecule has 5 heteroatoms. The standard InChI is InChI=1S/C14H24N2O2S/c1-10(2)7-12-16-9-11(19-12)8-15-6-5-14(3,4)13(17)18/h9-10,15H,5-8H2,1-4H3,(H,17,18). The van der Waals surface area contributed by atoms with Crippen LogP contribution in [0.5, 0.6) is 0 Å². The van der Waals surface area contributed by atoms with E-state index in [-0.39, 0.29) is 0 Å². The van der Waals surface area contributed by atoms with Crippen LogP contribution in [0.3, 0.4) is 0 Å². The third-order valence-electron chi connectivity index (χ3n) is 2.99. The Bertz CT molecular complexity index is 413. The number of thiazole rings is 1. The molecule has 0 spiro atoms. The molecule has 0 bridgehead atoms. The van der Waals surface area contributed by atoms with E-state index >= 15 is 0 Å². The van der Waals surface area contributed by atoms with Gasteiger partial charge in [-0.15, -0.1) is 11.3 Å². The van der Waals surface area contributed by atoms with Crippen molar-refractivity contribution in [3.63, 3.8) is 0 Å². The zero-order valence-electron chi connectivity index (χ0n) is 12.2. The lowest BCUT2D eigenvalue weighted by atomic mass is 9.90. The molecule has 1 heterocycles. The van der Waals surface area contributed by atoms with Crippen LogP contribution in [0, 0.1) is 11.3 Å². The van der Waals surface area contributed by atoms with E-state index in [0.29, 0.717) is 18.9 Å². The molecule has 0 fully saturated rings. The van der Waals surface area contributed by atoms with Crippen molar-refractivity contribution in [2.45, 2.75) is 47.1 Å². The van der Waals surface area contributed by atoms with E-state index in [9.17, 15) is 4.79 Å². The average molecular weight is 284 g/mol. The molecule has 1 rings (SSSR count). The molecule has 0 aliphatic carbocycles. The lowest BCUT2D eigenvalue weighted by molar-refractivity contribution is -0.147. The summed E-state index contributed by atoms with van der Waals surface area (Å²) in [6.45, 7) is 9.36.